The Labute approximate surface area is 100 Å². The summed E-state index contributed by atoms with van der Waals surface area (Å²) < 4.78 is 45.0. The van der Waals surface area contributed by atoms with Crippen molar-refractivity contribution in [2.75, 3.05) is 24.7 Å². The highest BCUT2D eigenvalue weighted by Crippen LogP contribution is 2.38. The van der Waals surface area contributed by atoms with Crippen molar-refractivity contribution in [2.45, 2.75) is 11.3 Å². The number of hydrogen-bond acceptors (Lipinski definition) is 2. The van der Waals surface area contributed by atoms with Gasteiger partial charge in [0.05, 0.1) is 13.2 Å². The van der Waals surface area contributed by atoms with Gasteiger partial charge in [-0.3, -0.25) is 0 Å². The number of thiol groups is 1. The highest BCUT2D eigenvalue weighted by Gasteiger charge is 2.31. The number of hydrogen-bond donors (Lipinski definition) is 1. The highest BCUT2D eigenvalue weighted by molar-refractivity contribution is 8.17. The van der Waals surface area contributed by atoms with Crippen molar-refractivity contribution in [3.8, 4) is 5.75 Å². The molecule has 2 rings (SSSR count). The third kappa shape index (κ3) is 3.81. The molecule has 1 saturated heterocycles. The first kappa shape index (κ1) is 12.6. The van der Waals surface area contributed by atoms with Crippen LogP contribution in [0.25, 0.3) is 0 Å². The summed E-state index contributed by atoms with van der Waals surface area (Å²) in [5.41, 5.74) is 0. The van der Waals surface area contributed by atoms with Crippen LogP contribution in [0.3, 0.4) is 0 Å². The molecule has 2 nitrogen and oxygen atoms in total. The normalized spacial score (nSPS) is 19.1. The molecule has 6 heteroatoms. The molecule has 0 amide bonds. The van der Waals surface area contributed by atoms with E-state index >= 15 is 0 Å². The van der Waals surface area contributed by atoms with E-state index in [0.717, 1.165) is 29.6 Å². The van der Waals surface area contributed by atoms with E-state index < -0.39 is 6.36 Å². The van der Waals surface area contributed by atoms with Crippen LogP contribution >= 0.6 is 10.9 Å². The summed E-state index contributed by atoms with van der Waals surface area (Å²) in [6, 6.07) is 6.19. The number of rotatable bonds is 2. The first-order chi connectivity index (χ1) is 8.04. The maximum absolute atomic E-state index is 12.0. The van der Waals surface area contributed by atoms with Crippen molar-refractivity contribution in [1.82, 2.24) is 0 Å². The first-order valence-electron chi connectivity index (χ1n) is 5.23. The molecule has 0 unspecified atom stereocenters. The van der Waals surface area contributed by atoms with E-state index in [-0.39, 0.29) is 16.6 Å². The summed E-state index contributed by atoms with van der Waals surface area (Å²) in [6.45, 7) is 1.49. The lowest BCUT2D eigenvalue weighted by Gasteiger charge is -2.26. The third-order valence-corrected chi connectivity index (χ3v) is 4.92. The Morgan fingerprint density at radius 1 is 1.06 bits per heavy atom. The zero-order valence-electron chi connectivity index (χ0n) is 9.04. The molecule has 0 aliphatic carbocycles. The van der Waals surface area contributed by atoms with Gasteiger partial charge in [-0.15, -0.1) is 13.2 Å². The monoisotopic (exact) mass is 266 g/mol. The molecular weight excluding hydrogens is 253 g/mol. The smallest absolute Gasteiger partial charge is 0.406 e. The minimum atomic E-state index is -4.62. The second kappa shape index (κ2) is 5.18. The standard InChI is InChI=1S/C11H13F3O2S/c12-11(13,14)16-9-1-3-10(4-2-9)17-7-5-15-6-8-17/h1-4,17H,5-8H2. The Balaban J connectivity index is 2.02. The van der Waals surface area contributed by atoms with Gasteiger partial charge < -0.3 is 9.47 Å². The van der Waals surface area contributed by atoms with Gasteiger partial charge in [-0.25, -0.2) is 10.9 Å². The molecule has 0 N–H and O–H groups in total. The van der Waals surface area contributed by atoms with Crippen LogP contribution in [0.4, 0.5) is 13.2 Å². The predicted octanol–water partition coefficient (Wildman–Crippen LogP) is 2.98. The van der Waals surface area contributed by atoms with Gasteiger partial charge in [0, 0.05) is 11.5 Å². The van der Waals surface area contributed by atoms with Crippen LogP contribution in [0.2, 0.25) is 0 Å². The van der Waals surface area contributed by atoms with Crippen LogP contribution in [-0.2, 0) is 4.74 Å². The Hall–Kier alpha value is -0.880. The van der Waals surface area contributed by atoms with Gasteiger partial charge in [-0.2, -0.15) is 0 Å². The minimum absolute atomic E-state index is 0.162. The molecule has 0 radical (unpaired) electrons. The summed E-state index contributed by atoms with van der Waals surface area (Å²) in [5, 5.41) is 0. The second-order valence-electron chi connectivity index (χ2n) is 3.64. The summed E-state index contributed by atoms with van der Waals surface area (Å²) in [7, 11) is -0.274. The summed E-state index contributed by atoms with van der Waals surface area (Å²) >= 11 is 0. The quantitative estimate of drug-likeness (QED) is 0.830. The fourth-order valence-corrected chi connectivity index (χ4v) is 3.69. The molecule has 0 saturated carbocycles. The van der Waals surface area contributed by atoms with Crippen LogP contribution in [0.15, 0.2) is 29.2 Å². The topological polar surface area (TPSA) is 18.5 Å². The Bertz CT molecular complexity index is 358. The first-order valence-corrected chi connectivity index (χ1v) is 6.94. The van der Waals surface area contributed by atoms with Gasteiger partial charge in [0.15, 0.2) is 0 Å². The molecule has 17 heavy (non-hydrogen) atoms. The maximum atomic E-state index is 12.0. The fourth-order valence-electron chi connectivity index (χ4n) is 1.68. The van der Waals surface area contributed by atoms with Gasteiger partial charge in [-0.1, -0.05) is 0 Å². The van der Waals surface area contributed by atoms with Gasteiger partial charge in [0.2, 0.25) is 0 Å². The van der Waals surface area contributed by atoms with Crippen LogP contribution in [0.1, 0.15) is 0 Å². The zero-order valence-corrected chi connectivity index (χ0v) is 9.93. The van der Waals surface area contributed by atoms with E-state index in [1.165, 1.54) is 12.1 Å². The van der Waals surface area contributed by atoms with Gasteiger partial charge >= 0.3 is 6.36 Å². The highest BCUT2D eigenvalue weighted by atomic mass is 32.2. The molecule has 0 bridgehead atoms. The molecule has 1 aromatic rings. The molecule has 0 atom stereocenters. The van der Waals surface area contributed by atoms with E-state index in [1.54, 1.807) is 12.1 Å². The number of halogens is 3. The Morgan fingerprint density at radius 3 is 2.18 bits per heavy atom. The number of alkyl halides is 3. The van der Waals surface area contributed by atoms with E-state index in [1.807, 2.05) is 0 Å². The van der Waals surface area contributed by atoms with E-state index in [9.17, 15) is 13.2 Å². The molecular formula is C11H13F3O2S. The van der Waals surface area contributed by atoms with Crippen LogP contribution in [0.5, 0.6) is 5.75 Å². The van der Waals surface area contributed by atoms with E-state index in [0.29, 0.717) is 0 Å². The lowest BCUT2D eigenvalue weighted by Crippen LogP contribution is -2.17. The summed E-state index contributed by atoms with van der Waals surface area (Å²) in [4.78, 5) is 1.11. The SMILES string of the molecule is FC(F)(F)Oc1ccc([SH]2CCOCC2)cc1. The van der Waals surface area contributed by atoms with Crippen molar-refractivity contribution in [1.29, 1.82) is 0 Å². The number of benzene rings is 1. The fraction of sp³-hybridized carbons (Fsp3) is 0.455. The average molecular weight is 266 g/mol. The Morgan fingerprint density at radius 2 is 1.65 bits per heavy atom. The molecule has 1 aliphatic rings. The second-order valence-corrected chi connectivity index (χ2v) is 6.13. The molecule has 1 aromatic carbocycles. The molecule has 0 aromatic heterocycles. The van der Waals surface area contributed by atoms with Crippen molar-refractivity contribution in [3.63, 3.8) is 0 Å². The van der Waals surface area contributed by atoms with Crippen LogP contribution in [0, 0.1) is 0 Å². The maximum Gasteiger partial charge on any atom is 0.573 e. The third-order valence-electron chi connectivity index (χ3n) is 2.45. The number of ether oxygens (including phenoxy) is 2. The molecule has 1 heterocycles. The average Bonchev–Trinajstić information content (AvgIpc) is 2.29. The van der Waals surface area contributed by atoms with Crippen molar-refractivity contribution >= 4 is 10.9 Å². The van der Waals surface area contributed by atoms with E-state index in [2.05, 4.69) is 4.74 Å². The predicted molar refractivity (Wildman–Crippen MR) is 60.9 cm³/mol. The van der Waals surface area contributed by atoms with Crippen molar-refractivity contribution in [2.24, 2.45) is 0 Å². The van der Waals surface area contributed by atoms with Crippen LogP contribution < -0.4 is 4.74 Å². The lowest BCUT2D eigenvalue weighted by molar-refractivity contribution is -0.274. The lowest BCUT2D eigenvalue weighted by atomic mass is 10.3. The molecule has 0 spiro atoms. The van der Waals surface area contributed by atoms with Gasteiger partial charge in [0.1, 0.15) is 5.75 Å². The summed E-state index contributed by atoms with van der Waals surface area (Å²) in [5.74, 6) is 1.80. The largest absolute Gasteiger partial charge is 0.573 e. The van der Waals surface area contributed by atoms with Gasteiger partial charge in [0.25, 0.3) is 0 Å². The van der Waals surface area contributed by atoms with E-state index in [4.69, 9.17) is 4.74 Å². The zero-order chi connectivity index (χ0) is 12.3. The van der Waals surface area contributed by atoms with Crippen molar-refractivity contribution in [3.05, 3.63) is 24.3 Å². The van der Waals surface area contributed by atoms with Crippen molar-refractivity contribution < 1.29 is 22.6 Å². The summed E-state index contributed by atoms with van der Waals surface area (Å²) in [6.07, 6.45) is -4.62. The Kier molecular flexibility index (Phi) is 3.83. The van der Waals surface area contributed by atoms with Gasteiger partial charge in [-0.05, 0) is 29.2 Å². The van der Waals surface area contributed by atoms with Crippen LogP contribution in [-0.4, -0.2) is 31.1 Å². The molecule has 1 aliphatic heterocycles. The molecule has 96 valence electrons. The minimum Gasteiger partial charge on any atom is -0.406 e. The molecule has 1 fully saturated rings.